The molecule has 0 saturated carbocycles. The van der Waals surface area contributed by atoms with Gasteiger partial charge in [-0.3, -0.25) is 9.59 Å². The molecule has 0 atom stereocenters. The lowest BCUT2D eigenvalue weighted by Gasteiger charge is -2.02. The Hall–Kier alpha value is -1.73. The molecule has 0 fully saturated rings. The first-order valence-corrected chi connectivity index (χ1v) is 7.97. The molecule has 2 N–H and O–H groups in total. The maximum Gasteiger partial charge on any atom is 0.227 e. The lowest BCUT2D eigenvalue weighted by Crippen LogP contribution is -2.25. The number of amides is 2. The van der Waals surface area contributed by atoms with Crippen LogP contribution >= 0.6 is 27.3 Å². The summed E-state index contributed by atoms with van der Waals surface area (Å²) < 4.78 is 1.01. The zero-order valence-corrected chi connectivity index (χ0v) is 13.8. The zero-order chi connectivity index (χ0) is 15.2. The number of carbonyl (C=O) groups excluding carboxylic acids is 2. The van der Waals surface area contributed by atoms with Gasteiger partial charge < -0.3 is 10.6 Å². The smallest absolute Gasteiger partial charge is 0.227 e. The molecule has 2 aromatic rings. The third-order valence-electron chi connectivity index (χ3n) is 2.62. The standard InChI is InChI=1S/C14H14BrN3O2S/c1-9(19)16-7-6-13(20)18-14-17-12(8-21-14)10-2-4-11(15)5-3-10/h2-5,8H,6-7H2,1H3,(H,16,19)(H,17,18,20). The van der Waals surface area contributed by atoms with E-state index in [4.69, 9.17) is 0 Å². The molecule has 1 aromatic carbocycles. The van der Waals surface area contributed by atoms with Gasteiger partial charge in [-0.05, 0) is 12.1 Å². The third-order valence-corrected chi connectivity index (χ3v) is 3.90. The van der Waals surface area contributed by atoms with Crippen LogP contribution in [-0.2, 0) is 9.59 Å². The topological polar surface area (TPSA) is 71.1 Å². The molecular weight excluding hydrogens is 354 g/mol. The minimum Gasteiger partial charge on any atom is -0.356 e. The largest absolute Gasteiger partial charge is 0.356 e. The number of aromatic nitrogens is 1. The molecule has 0 radical (unpaired) electrons. The van der Waals surface area contributed by atoms with Crippen molar-refractivity contribution >= 4 is 44.2 Å². The number of anilines is 1. The molecule has 0 aliphatic carbocycles. The Morgan fingerprint density at radius 2 is 2.00 bits per heavy atom. The summed E-state index contributed by atoms with van der Waals surface area (Å²) in [7, 11) is 0. The van der Waals surface area contributed by atoms with E-state index in [1.54, 1.807) is 0 Å². The molecule has 1 aromatic heterocycles. The Morgan fingerprint density at radius 1 is 1.29 bits per heavy atom. The van der Waals surface area contributed by atoms with Crippen molar-refractivity contribution < 1.29 is 9.59 Å². The van der Waals surface area contributed by atoms with Gasteiger partial charge in [0.15, 0.2) is 5.13 Å². The van der Waals surface area contributed by atoms with Gasteiger partial charge in [0.2, 0.25) is 11.8 Å². The molecule has 0 bridgehead atoms. The molecule has 0 spiro atoms. The number of rotatable bonds is 5. The van der Waals surface area contributed by atoms with Crippen molar-refractivity contribution in [2.24, 2.45) is 0 Å². The monoisotopic (exact) mass is 367 g/mol. The van der Waals surface area contributed by atoms with Crippen LogP contribution in [0.25, 0.3) is 11.3 Å². The highest BCUT2D eigenvalue weighted by Gasteiger charge is 2.08. The molecule has 0 aliphatic rings. The van der Waals surface area contributed by atoms with Crippen molar-refractivity contribution in [3.8, 4) is 11.3 Å². The Balaban J connectivity index is 1.92. The normalized spacial score (nSPS) is 10.2. The molecule has 2 rings (SSSR count). The van der Waals surface area contributed by atoms with Crippen LogP contribution in [0.4, 0.5) is 5.13 Å². The minimum absolute atomic E-state index is 0.144. The van der Waals surface area contributed by atoms with Gasteiger partial charge in [-0.2, -0.15) is 0 Å². The average molecular weight is 368 g/mol. The summed E-state index contributed by atoms with van der Waals surface area (Å²) in [6.45, 7) is 1.75. The fraction of sp³-hybridized carbons (Fsp3) is 0.214. The van der Waals surface area contributed by atoms with Gasteiger partial charge in [-0.15, -0.1) is 11.3 Å². The highest BCUT2D eigenvalue weighted by molar-refractivity contribution is 9.10. The first-order valence-electron chi connectivity index (χ1n) is 6.30. The molecule has 2 amide bonds. The van der Waals surface area contributed by atoms with E-state index in [1.165, 1.54) is 18.3 Å². The SMILES string of the molecule is CC(=O)NCCC(=O)Nc1nc(-c2ccc(Br)cc2)cs1. The third kappa shape index (κ3) is 4.95. The number of nitrogens with one attached hydrogen (secondary N) is 2. The van der Waals surface area contributed by atoms with Crippen LogP contribution in [0.2, 0.25) is 0 Å². The maximum absolute atomic E-state index is 11.7. The van der Waals surface area contributed by atoms with Gasteiger partial charge in [0.1, 0.15) is 0 Å². The van der Waals surface area contributed by atoms with E-state index < -0.39 is 0 Å². The molecule has 7 heteroatoms. The van der Waals surface area contributed by atoms with Crippen LogP contribution in [0.15, 0.2) is 34.1 Å². The van der Waals surface area contributed by atoms with Crippen LogP contribution in [0.1, 0.15) is 13.3 Å². The lowest BCUT2D eigenvalue weighted by atomic mass is 10.2. The molecule has 0 saturated heterocycles. The second-order valence-corrected chi connectivity index (χ2v) is 6.10. The highest BCUT2D eigenvalue weighted by atomic mass is 79.9. The van der Waals surface area contributed by atoms with Crippen LogP contribution in [0.5, 0.6) is 0 Å². The van der Waals surface area contributed by atoms with E-state index in [1.807, 2.05) is 29.6 Å². The number of halogens is 1. The van der Waals surface area contributed by atoms with Crippen molar-refractivity contribution in [1.29, 1.82) is 0 Å². The van der Waals surface area contributed by atoms with E-state index >= 15 is 0 Å². The summed E-state index contributed by atoms with van der Waals surface area (Å²) in [5.74, 6) is -0.310. The second kappa shape index (κ2) is 7.33. The van der Waals surface area contributed by atoms with Gasteiger partial charge in [-0.25, -0.2) is 4.98 Å². The van der Waals surface area contributed by atoms with Crippen molar-refractivity contribution in [2.45, 2.75) is 13.3 Å². The number of benzene rings is 1. The Morgan fingerprint density at radius 3 is 2.67 bits per heavy atom. The highest BCUT2D eigenvalue weighted by Crippen LogP contribution is 2.26. The number of hydrogen-bond acceptors (Lipinski definition) is 4. The predicted octanol–water partition coefficient (Wildman–Crippen LogP) is 3.04. The fourth-order valence-electron chi connectivity index (χ4n) is 1.62. The molecule has 0 unspecified atom stereocenters. The predicted molar refractivity (Wildman–Crippen MR) is 87.2 cm³/mol. The van der Waals surface area contributed by atoms with Crippen LogP contribution in [-0.4, -0.2) is 23.3 Å². The fourth-order valence-corrected chi connectivity index (χ4v) is 2.62. The van der Waals surface area contributed by atoms with Crippen molar-refractivity contribution in [2.75, 3.05) is 11.9 Å². The molecule has 110 valence electrons. The van der Waals surface area contributed by atoms with Crippen LogP contribution in [0.3, 0.4) is 0 Å². The Labute approximate surface area is 134 Å². The van der Waals surface area contributed by atoms with Gasteiger partial charge in [0, 0.05) is 35.3 Å². The first kappa shape index (κ1) is 15.7. The van der Waals surface area contributed by atoms with Crippen molar-refractivity contribution in [3.05, 3.63) is 34.1 Å². The Kier molecular flexibility index (Phi) is 5.46. The summed E-state index contributed by atoms with van der Waals surface area (Å²) in [5.41, 5.74) is 1.82. The first-order chi connectivity index (χ1) is 10.0. The quantitative estimate of drug-likeness (QED) is 0.852. The van der Waals surface area contributed by atoms with Crippen molar-refractivity contribution in [1.82, 2.24) is 10.3 Å². The van der Waals surface area contributed by atoms with Crippen LogP contribution < -0.4 is 10.6 Å². The molecule has 1 heterocycles. The van der Waals surface area contributed by atoms with Gasteiger partial charge >= 0.3 is 0 Å². The second-order valence-electron chi connectivity index (χ2n) is 4.33. The molecular formula is C14H14BrN3O2S. The summed E-state index contributed by atoms with van der Waals surface area (Å²) in [6.07, 6.45) is 0.229. The zero-order valence-electron chi connectivity index (χ0n) is 11.4. The van der Waals surface area contributed by atoms with E-state index in [0.29, 0.717) is 11.7 Å². The van der Waals surface area contributed by atoms with E-state index in [-0.39, 0.29) is 18.2 Å². The summed E-state index contributed by atoms with van der Waals surface area (Å²) in [5, 5.41) is 7.75. The van der Waals surface area contributed by atoms with Crippen LogP contribution in [0, 0.1) is 0 Å². The summed E-state index contributed by atoms with van der Waals surface area (Å²) in [4.78, 5) is 26.8. The average Bonchev–Trinajstić information content (AvgIpc) is 2.87. The van der Waals surface area contributed by atoms with E-state index in [9.17, 15) is 9.59 Å². The minimum atomic E-state index is -0.166. The van der Waals surface area contributed by atoms with E-state index in [2.05, 4.69) is 31.5 Å². The van der Waals surface area contributed by atoms with Gasteiger partial charge in [0.05, 0.1) is 5.69 Å². The summed E-state index contributed by atoms with van der Waals surface area (Å²) >= 11 is 4.76. The number of thiazole rings is 1. The van der Waals surface area contributed by atoms with Gasteiger partial charge in [0.25, 0.3) is 0 Å². The number of nitrogens with zero attached hydrogens (tertiary/aromatic N) is 1. The van der Waals surface area contributed by atoms with Gasteiger partial charge in [-0.1, -0.05) is 28.1 Å². The number of hydrogen-bond donors (Lipinski definition) is 2. The Bertz CT molecular complexity index is 640. The molecule has 21 heavy (non-hydrogen) atoms. The number of carbonyl (C=O) groups is 2. The summed E-state index contributed by atoms with van der Waals surface area (Å²) in [6, 6.07) is 7.81. The maximum atomic E-state index is 11.7. The molecule has 0 aliphatic heterocycles. The molecule has 5 nitrogen and oxygen atoms in total. The van der Waals surface area contributed by atoms with Crippen molar-refractivity contribution in [3.63, 3.8) is 0 Å². The lowest BCUT2D eigenvalue weighted by molar-refractivity contribution is -0.119. The van der Waals surface area contributed by atoms with E-state index in [0.717, 1.165) is 15.7 Å².